The van der Waals surface area contributed by atoms with E-state index in [0.29, 0.717) is 4.88 Å². The number of halogens is 4. The molecule has 1 N–H and O–H groups in total. The van der Waals surface area contributed by atoms with Gasteiger partial charge in [-0.1, -0.05) is 12.1 Å². The van der Waals surface area contributed by atoms with Crippen molar-refractivity contribution in [1.82, 2.24) is 0 Å². The Kier molecular flexibility index (Phi) is 3.79. The highest BCUT2D eigenvalue weighted by Crippen LogP contribution is 2.34. The van der Waals surface area contributed by atoms with Gasteiger partial charge in [-0.15, -0.1) is 11.3 Å². The summed E-state index contributed by atoms with van der Waals surface area (Å²) < 4.78 is 38.5. The van der Waals surface area contributed by atoms with Crippen LogP contribution in [0.15, 0.2) is 40.2 Å². The van der Waals surface area contributed by atoms with Crippen LogP contribution in [0.1, 0.15) is 22.1 Å². The molecule has 1 nitrogen and oxygen atoms in total. The number of thiophene rings is 1. The van der Waals surface area contributed by atoms with Crippen LogP contribution in [0.25, 0.3) is 0 Å². The third-order valence-corrected chi connectivity index (χ3v) is 4.07. The molecule has 1 aromatic carbocycles. The number of aliphatic hydroxyl groups is 1. The van der Waals surface area contributed by atoms with E-state index < -0.39 is 17.8 Å². The van der Waals surface area contributed by atoms with Crippen LogP contribution in [-0.4, -0.2) is 5.11 Å². The third kappa shape index (κ3) is 2.93. The lowest BCUT2D eigenvalue weighted by molar-refractivity contribution is -0.137. The van der Waals surface area contributed by atoms with Crippen molar-refractivity contribution in [2.24, 2.45) is 0 Å². The minimum absolute atomic E-state index is 0.235. The molecule has 96 valence electrons. The first-order chi connectivity index (χ1) is 8.38. The predicted octanol–water partition coefficient (Wildman–Crippen LogP) is 4.61. The van der Waals surface area contributed by atoms with Crippen LogP contribution in [0.4, 0.5) is 13.2 Å². The van der Waals surface area contributed by atoms with Gasteiger partial charge in [-0.05, 0) is 45.8 Å². The van der Waals surface area contributed by atoms with Crippen LogP contribution < -0.4 is 0 Å². The number of hydrogen-bond acceptors (Lipinski definition) is 2. The Bertz CT molecular complexity index is 550. The molecule has 0 fully saturated rings. The fraction of sp³-hybridized carbons (Fsp3) is 0.167. The highest BCUT2D eigenvalue weighted by molar-refractivity contribution is 9.11. The first kappa shape index (κ1) is 13.6. The average Bonchev–Trinajstić information content (AvgIpc) is 2.74. The number of rotatable bonds is 2. The van der Waals surface area contributed by atoms with Crippen molar-refractivity contribution in [3.63, 3.8) is 0 Å². The molecule has 2 aromatic rings. The Labute approximate surface area is 114 Å². The Morgan fingerprint density at radius 3 is 2.44 bits per heavy atom. The Morgan fingerprint density at radius 1 is 1.17 bits per heavy atom. The maximum absolute atomic E-state index is 12.6. The summed E-state index contributed by atoms with van der Waals surface area (Å²) in [4.78, 5) is 0.598. The van der Waals surface area contributed by atoms with Crippen molar-refractivity contribution >= 4 is 27.3 Å². The van der Waals surface area contributed by atoms with Gasteiger partial charge in [0.15, 0.2) is 0 Å². The maximum Gasteiger partial charge on any atom is 0.416 e. The molecule has 0 spiro atoms. The molecular weight excluding hydrogens is 329 g/mol. The summed E-state index contributed by atoms with van der Waals surface area (Å²) in [5.41, 5.74) is -0.520. The first-order valence-electron chi connectivity index (χ1n) is 4.98. The van der Waals surface area contributed by atoms with E-state index in [9.17, 15) is 18.3 Å². The van der Waals surface area contributed by atoms with Gasteiger partial charge in [0.2, 0.25) is 0 Å². The van der Waals surface area contributed by atoms with Crippen LogP contribution >= 0.6 is 27.3 Å². The number of aliphatic hydroxyl groups excluding tert-OH is 1. The zero-order chi connectivity index (χ0) is 13.3. The zero-order valence-electron chi connectivity index (χ0n) is 8.91. The summed E-state index contributed by atoms with van der Waals surface area (Å²) in [6.07, 6.45) is -5.44. The molecule has 1 heterocycles. The first-order valence-corrected chi connectivity index (χ1v) is 6.59. The summed E-state index contributed by atoms with van der Waals surface area (Å²) in [5, 5.41) is 10.0. The monoisotopic (exact) mass is 336 g/mol. The molecule has 0 saturated carbocycles. The summed E-state index contributed by atoms with van der Waals surface area (Å²) >= 11 is 4.54. The van der Waals surface area contributed by atoms with Crippen molar-refractivity contribution in [3.8, 4) is 0 Å². The SMILES string of the molecule is OC(c1cccc(C(F)(F)F)c1)c1ccc(Br)s1. The summed E-state index contributed by atoms with van der Waals surface area (Å²) in [7, 11) is 0. The lowest BCUT2D eigenvalue weighted by Crippen LogP contribution is -2.06. The maximum atomic E-state index is 12.6. The third-order valence-electron chi connectivity index (χ3n) is 2.39. The molecule has 0 amide bonds. The molecule has 2 rings (SSSR count). The summed E-state index contributed by atoms with van der Waals surface area (Å²) in [6.45, 7) is 0. The molecule has 6 heteroatoms. The lowest BCUT2D eigenvalue weighted by atomic mass is 10.0. The van der Waals surface area contributed by atoms with E-state index in [1.165, 1.54) is 23.5 Å². The van der Waals surface area contributed by atoms with Gasteiger partial charge < -0.3 is 5.11 Å². The van der Waals surface area contributed by atoms with Gasteiger partial charge in [0.25, 0.3) is 0 Å². The van der Waals surface area contributed by atoms with E-state index in [2.05, 4.69) is 15.9 Å². The highest BCUT2D eigenvalue weighted by atomic mass is 79.9. The molecule has 0 aliphatic heterocycles. The molecule has 0 aliphatic rings. The molecular formula is C12H8BrF3OS. The molecule has 0 bridgehead atoms. The van der Waals surface area contributed by atoms with Crippen LogP contribution in [0, 0.1) is 0 Å². The van der Waals surface area contributed by atoms with Gasteiger partial charge >= 0.3 is 6.18 Å². The standard InChI is InChI=1S/C12H8BrF3OS/c13-10-5-4-9(18-10)11(17)7-2-1-3-8(6-7)12(14,15)16/h1-6,11,17H. The minimum atomic E-state index is -4.40. The molecule has 1 aromatic heterocycles. The van der Waals surface area contributed by atoms with Crippen molar-refractivity contribution in [2.75, 3.05) is 0 Å². The fourth-order valence-electron chi connectivity index (χ4n) is 1.52. The Hall–Kier alpha value is -0.850. The van der Waals surface area contributed by atoms with Crippen LogP contribution in [0.3, 0.4) is 0 Å². The normalized spacial score (nSPS) is 13.6. The topological polar surface area (TPSA) is 20.2 Å². The zero-order valence-corrected chi connectivity index (χ0v) is 11.3. The molecule has 1 unspecified atom stereocenters. The van der Waals surface area contributed by atoms with E-state index in [0.717, 1.165) is 15.9 Å². The van der Waals surface area contributed by atoms with Gasteiger partial charge in [-0.3, -0.25) is 0 Å². The molecule has 0 saturated heterocycles. The number of alkyl halides is 3. The van der Waals surface area contributed by atoms with Gasteiger partial charge in [0, 0.05) is 4.88 Å². The average molecular weight is 337 g/mol. The van der Waals surface area contributed by atoms with Gasteiger partial charge in [-0.2, -0.15) is 13.2 Å². The second kappa shape index (κ2) is 5.03. The van der Waals surface area contributed by atoms with Crippen LogP contribution in [0.2, 0.25) is 0 Å². The smallest absolute Gasteiger partial charge is 0.383 e. The van der Waals surface area contributed by atoms with E-state index in [1.807, 2.05) is 0 Å². The van der Waals surface area contributed by atoms with E-state index in [-0.39, 0.29) is 5.56 Å². The highest BCUT2D eigenvalue weighted by Gasteiger charge is 2.31. The van der Waals surface area contributed by atoms with Gasteiger partial charge in [-0.25, -0.2) is 0 Å². The lowest BCUT2D eigenvalue weighted by Gasteiger charge is -2.12. The van der Waals surface area contributed by atoms with Gasteiger partial charge in [0.05, 0.1) is 9.35 Å². The molecule has 0 aliphatic carbocycles. The van der Waals surface area contributed by atoms with Crippen LogP contribution in [-0.2, 0) is 6.18 Å². The van der Waals surface area contributed by atoms with Crippen molar-refractivity contribution in [3.05, 3.63) is 56.2 Å². The quantitative estimate of drug-likeness (QED) is 0.848. The second-order valence-corrected chi connectivity index (χ2v) is 6.16. The predicted molar refractivity (Wildman–Crippen MR) is 67.5 cm³/mol. The minimum Gasteiger partial charge on any atom is -0.383 e. The van der Waals surface area contributed by atoms with E-state index in [4.69, 9.17) is 0 Å². The molecule has 0 radical (unpaired) electrons. The largest absolute Gasteiger partial charge is 0.416 e. The Morgan fingerprint density at radius 2 is 1.89 bits per heavy atom. The van der Waals surface area contributed by atoms with Crippen molar-refractivity contribution in [2.45, 2.75) is 12.3 Å². The van der Waals surface area contributed by atoms with Crippen LogP contribution in [0.5, 0.6) is 0 Å². The molecule has 1 atom stereocenters. The molecule has 18 heavy (non-hydrogen) atoms. The summed E-state index contributed by atoms with van der Waals surface area (Å²) in [5.74, 6) is 0. The fourth-order valence-corrected chi connectivity index (χ4v) is 2.96. The van der Waals surface area contributed by atoms with E-state index in [1.54, 1.807) is 12.1 Å². The van der Waals surface area contributed by atoms with Crippen molar-refractivity contribution in [1.29, 1.82) is 0 Å². The number of benzene rings is 1. The van der Waals surface area contributed by atoms with Crippen molar-refractivity contribution < 1.29 is 18.3 Å². The number of hydrogen-bond donors (Lipinski definition) is 1. The summed E-state index contributed by atoms with van der Waals surface area (Å²) in [6, 6.07) is 8.16. The van der Waals surface area contributed by atoms with Gasteiger partial charge in [0.1, 0.15) is 6.10 Å². The Balaban J connectivity index is 2.34. The second-order valence-electron chi connectivity index (χ2n) is 3.67. The van der Waals surface area contributed by atoms with E-state index >= 15 is 0 Å².